The topological polar surface area (TPSA) is 118 Å². The number of carboxylic acids is 1. The van der Waals surface area contributed by atoms with Crippen LogP contribution in [0, 0.1) is 0 Å². The first-order valence-electron chi connectivity index (χ1n) is 5.17. The maximum Gasteiger partial charge on any atom is 0.356 e. The van der Waals surface area contributed by atoms with Crippen molar-refractivity contribution in [1.29, 1.82) is 0 Å². The Morgan fingerprint density at radius 2 is 2.12 bits per heavy atom. The zero-order chi connectivity index (χ0) is 12.7. The summed E-state index contributed by atoms with van der Waals surface area (Å²) in [4.78, 5) is 28.7. The second-order valence-electron chi connectivity index (χ2n) is 3.44. The van der Waals surface area contributed by atoms with Gasteiger partial charge in [-0.2, -0.15) is 0 Å². The number of hydrogen-bond donors (Lipinski definition) is 3. The summed E-state index contributed by atoms with van der Waals surface area (Å²) in [5.41, 5.74) is 4.89. The number of carboxylic acid groups (broad SMARTS) is 1. The molecule has 0 aliphatic heterocycles. The molecule has 0 unspecified atom stereocenters. The van der Waals surface area contributed by atoms with Crippen LogP contribution in [0.5, 0.6) is 0 Å². The molecule has 7 heteroatoms. The molecule has 1 heterocycles. The number of anilines is 1. The number of carbonyl (C=O) groups excluding carboxylic acids is 1. The molecule has 0 atom stereocenters. The molecular formula is C10H14N4O3. The second kappa shape index (κ2) is 6.41. The van der Waals surface area contributed by atoms with Gasteiger partial charge in [0.25, 0.3) is 0 Å². The van der Waals surface area contributed by atoms with Gasteiger partial charge in [-0.1, -0.05) is 0 Å². The zero-order valence-corrected chi connectivity index (χ0v) is 9.22. The Bertz CT molecular complexity index is 408. The van der Waals surface area contributed by atoms with E-state index in [4.69, 9.17) is 10.8 Å². The lowest BCUT2D eigenvalue weighted by molar-refractivity contribution is -0.118. The van der Waals surface area contributed by atoms with E-state index < -0.39 is 5.97 Å². The molecule has 1 rings (SSSR count). The molecule has 0 aliphatic carbocycles. The van der Waals surface area contributed by atoms with E-state index in [0.717, 1.165) is 6.42 Å². The van der Waals surface area contributed by atoms with Gasteiger partial charge in [-0.05, 0) is 12.8 Å². The normalized spacial score (nSPS) is 9.88. The Morgan fingerprint density at radius 1 is 1.35 bits per heavy atom. The van der Waals surface area contributed by atoms with Gasteiger partial charge in [-0.15, -0.1) is 0 Å². The van der Waals surface area contributed by atoms with Gasteiger partial charge in [-0.3, -0.25) is 9.78 Å². The van der Waals surface area contributed by atoms with Gasteiger partial charge >= 0.3 is 5.97 Å². The number of nitrogens with two attached hydrogens (primary N) is 1. The van der Waals surface area contributed by atoms with Crippen LogP contribution in [0.3, 0.4) is 0 Å². The minimum atomic E-state index is -1.12. The van der Waals surface area contributed by atoms with Gasteiger partial charge in [0.15, 0.2) is 5.69 Å². The third kappa shape index (κ3) is 4.92. The lowest BCUT2D eigenvalue weighted by atomic mass is 10.2. The minimum absolute atomic E-state index is 0.105. The first-order chi connectivity index (χ1) is 8.09. The van der Waals surface area contributed by atoms with Crippen LogP contribution in [-0.4, -0.2) is 33.5 Å². The molecule has 0 fully saturated rings. The molecule has 92 valence electrons. The molecule has 4 N–H and O–H groups in total. The number of primary amides is 1. The van der Waals surface area contributed by atoms with E-state index in [1.54, 1.807) is 0 Å². The summed E-state index contributed by atoms with van der Waals surface area (Å²) < 4.78 is 0. The van der Waals surface area contributed by atoms with Crippen molar-refractivity contribution < 1.29 is 14.7 Å². The van der Waals surface area contributed by atoms with Crippen LogP contribution in [0.4, 0.5) is 5.82 Å². The third-order valence-electron chi connectivity index (χ3n) is 2.01. The fourth-order valence-electron chi connectivity index (χ4n) is 1.19. The largest absolute Gasteiger partial charge is 0.476 e. The predicted octanol–water partition coefficient (Wildman–Crippen LogP) is 0.242. The van der Waals surface area contributed by atoms with Gasteiger partial charge < -0.3 is 16.2 Å². The van der Waals surface area contributed by atoms with Crippen LogP contribution in [0.1, 0.15) is 29.8 Å². The van der Waals surface area contributed by atoms with E-state index in [2.05, 4.69) is 15.3 Å². The average molecular weight is 238 g/mol. The van der Waals surface area contributed by atoms with E-state index in [1.807, 2.05) is 0 Å². The molecule has 0 bridgehead atoms. The van der Waals surface area contributed by atoms with Crippen molar-refractivity contribution in [1.82, 2.24) is 9.97 Å². The zero-order valence-electron chi connectivity index (χ0n) is 9.22. The number of aromatic carboxylic acids is 1. The van der Waals surface area contributed by atoms with Crippen molar-refractivity contribution in [3.8, 4) is 0 Å². The van der Waals surface area contributed by atoms with Gasteiger partial charge in [0, 0.05) is 13.0 Å². The molecule has 0 radical (unpaired) electrons. The first-order valence-corrected chi connectivity index (χ1v) is 5.17. The Morgan fingerprint density at radius 3 is 2.76 bits per heavy atom. The molecule has 17 heavy (non-hydrogen) atoms. The summed E-state index contributed by atoms with van der Waals surface area (Å²) in [6.07, 6.45) is 4.42. The molecule has 0 aliphatic rings. The number of amides is 1. The molecule has 1 amide bonds. The molecule has 0 aromatic carbocycles. The highest BCUT2D eigenvalue weighted by Crippen LogP contribution is 2.03. The van der Waals surface area contributed by atoms with E-state index in [9.17, 15) is 9.59 Å². The molecule has 0 saturated heterocycles. The average Bonchev–Trinajstić information content (AvgIpc) is 2.28. The number of aromatic nitrogens is 2. The predicted molar refractivity (Wildman–Crippen MR) is 60.5 cm³/mol. The van der Waals surface area contributed by atoms with Crippen molar-refractivity contribution in [3.63, 3.8) is 0 Å². The smallest absolute Gasteiger partial charge is 0.356 e. The SMILES string of the molecule is NC(=O)CCCCNc1cncc(C(=O)O)n1. The van der Waals surface area contributed by atoms with Gasteiger partial charge in [0.1, 0.15) is 5.82 Å². The summed E-state index contributed by atoms with van der Waals surface area (Å²) in [5.74, 6) is -1.03. The van der Waals surface area contributed by atoms with Crippen LogP contribution >= 0.6 is 0 Å². The summed E-state index contributed by atoms with van der Waals surface area (Å²) in [5, 5.41) is 11.6. The molecule has 1 aromatic rings. The monoisotopic (exact) mass is 238 g/mol. The summed E-state index contributed by atoms with van der Waals surface area (Å²) in [7, 11) is 0. The Balaban J connectivity index is 2.34. The fourth-order valence-corrected chi connectivity index (χ4v) is 1.19. The number of unbranched alkanes of at least 4 members (excludes halogenated alkanes) is 1. The quantitative estimate of drug-likeness (QED) is 0.585. The van der Waals surface area contributed by atoms with E-state index in [0.29, 0.717) is 25.2 Å². The van der Waals surface area contributed by atoms with Gasteiger partial charge in [0.2, 0.25) is 5.91 Å². The van der Waals surface area contributed by atoms with Crippen LogP contribution in [0.15, 0.2) is 12.4 Å². The molecule has 7 nitrogen and oxygen atoms in total. The highest BCUT2D eigenvalue weighted by molar-refractivity contribution is 5.85. The van der Waals surface area contributed by atoms with Crippen molar-refractivity contribution in [3.05, 3.63) is 18.1 Å². The minimum Gasteiger partial charge on any atom is -0.476 e. The Labute approximate surface area is 98.1 Å². The summed E-state index contributed by atoms with van der Waals surface area (Å²) in [6.45, 7) is 0.588. The second-order valence-corrected chi connectivity index (χ2v) is 3.44. The van der Waals surface area contributed by atoms with Gasteiger partial charge in [0.05, 0.1) is 12.4 Å². The van der Waals surface area contributed by atoms with E-state index in [1.165, 1.54) is 12.4 Å². The van der Waals surface area contributed by atoms with Crippen molar-refractivity contribution in [2.24, 2.45) is 5.73 Å². The van der Waals surface area contributed by atoms with Crippen LogP contribution in [0.25, 0.3) is 0 Å². The fraction of sp³-hybridized carbons (Fsp3) is 0.400. The molecule has 1 aromatic heterocycles. The standard InChI is InChI=1S/C10H14N4O3/c11-8(15)3-1-2-4-13-9-6-12-5-7(14-9)10(16)17/h5-6H,1-4H2,(H2,11,15)(H,13,14)(H,16,17). The number of rotatable bonds is 7. The number of hydrogen-bond acceptors (Lipinski definition) is 5. The summed E-state index contributed by atoms with van der Waals surface area (Å²) >= 11 is 0. The van der Waals surface area contributed by atoms with E-state index >= 15 is 0 Å². The molecule has 0 spiro atoms. The van der Waals surface area contributed by atoms with Crippen LogP contribution in [-0.2, 0) is 4.79 Å². The highest BCUT2D eigenvalue weighted by atomic mass is 16.4. The van der Waals surface area contributed by atoms with Crippen molar-refractivity contribution >= 4 is 17.7 Å². The van der Waals surface area contributed by atoms with E-state index in [-0.39, 0.29) is 11.6 Å². The summed E-state index contributed by atoms with van der Waals surface area (Å²) in [6, 6.07) is 0. The first kappa shape index (κ1) is 12.9. The van der Waals surface area contributed by atoms with Gasteiger partial charge in [-0.25, -0.2) is 9.78 Å². The number of nitrogens with one attached hydrogen (secondary N) is 1. The Hall–Kier alpha value is -2.18. The maximum atomic E-state index is 10.6. The molecule has 0 saturated carbocycles. The number of nitrogens with zero attached hydrogens (tertiary/aromatic N) is 2. The van der Waals surface area contributed by atoms with Crippen molar-refractivity contribution in [2.45, 2.75) is 19.3 Å². The lowest BCUT2D eigenvalue weighted by Gasteiger charge is -2.04. The number of carbonyl (C=O) groups is 2. The molecular weight excluding hydrogens is 224 g/mol. The highest BCUT2D eigenvalue weighted by Gasteiger charge is 2.05. The van der Waals surface area contributed by atoms with Crippen molar-refractivity contribution in [2.75, 3.05) is 11.9 Å². The van der Waals surface area contributed by atoms with Crippen LogP contribution in [0.2, 0.25) is 0 Å². The third-order valence-corrected chi connectivity index (χ3v) is 2.01. The Kier molecular flexibility index (Phi) is 4.86. The van der Waals surface area contributed by atoms with Crippen LogP contribution < -0.4 is 11.1 Å². The maximum absolute atomic E-state index is 10.6. The lowest BCUT2D eigenvalue weighted by Crippen LogP contribution is -2.11.